The first-order valence-electron chi connectivity index (χ1n) is 6.71. The highest BCUT2D eigenvalue weighted by molar-refractivity contribution is 9.08. The summed E-state index contributed by atoms with van der Waals surface area (Å²) in [5, 5.41) is 3.76. The van der Waals surface area contributed by atoms with Crippen molar-refractivity contribution in [2.24, 2.45) is 0 Å². The summed E-state index contributed by atoms with van der Waals surface area (Å²) < 4.78 is 0. The fourth-order valence-electron chi connectivity index (χ4n) is 1.87. The first-order valence-corrected chi connectivity index (χ1v) is 7.84. The first kappa shape index (κ1) is 16.2. The molecule has 106 valence electrons. The molecular formula is C15H23BrN2O. The predicted octanol–water partition coefficient (Wildman–Crippen LogP) is 3.04. The maximum Gasteiger partial charge on any atom is 0.251 e. The fraction of sp³-hybridized carbons (Fsp3) is 0.533. The van der Waals surface area contributed by atoms with Gasteiger partial charge in [-0.25, -0.2) is 0 Å². The van der Waals surface area contributed by atoms with Crippen molar-refractivity contribution >= 4 is 21.8 Å². The van der Waals surface area contributed by atoms with Crippen LogP contribution in [0.5, 0.6) is 0 Å². The van der Waals surface area contributed by atoms with Crippen LogP contribution in [-0.4, -0.2) is 37.0 Å². The largest absolute Gasteiger partial charge is 0.350 e. The smallest absolute Gasteiger partial charge is 0.251 e. The molecule has 0 aliphatic carbocycles. The molecule has 1 atom stereocenters. The molecule has 1 rings (SSSR count). The molecule has 0 heterocycles. The van der Waals surface area contributed by atoms with E-state index in [1.54, 1.807) is 0 Å². The van der Waals surface area contributed by atoms with Crippen LogP contribution in [0.3, 0.4) is 0 Å². The highest BCUT2D eigenvalue weighted by Gasteiger charge is 2.11. The van der Waals surface area contributed by atoms with E-state index in [1.807, 2.05) is 24.3 Å². The van der Waals surface area contributed by atoms with Crippen LogP contribution in [0.2, 0.25) is 0 Å². The number of alkyl halides is 1. The molecule has 0 bridgehead atoms. The van der Waals surface area contributed by atoms with Gasteiger partial charge in [-0.05, 0) is 44.6 Å². The highest BCUT2D eigenvalue weighted by atomic mass is 79.9. The van der Waals surface area contributed by atoms with Gasteiger partial charge < -0.3 is 10.2 Å². The lowest BCUT2D eigenvalue weighted by molar-refractivity contribution is 0.0940. The van der Waals surface area contributed by atoms with Crippen LogP contribution in [0.1, 0.15) is 36.2 Å². The first-order chi connectivity index (χ1) is 9.08. The Labute approximate surface area is 124 Å². The normalized spacial score (nSPS) is 12.5. The van der Waals surface area contributed by atoms with Crippen LogP contribution >= 0.6 is 15.9 Å². The van der Waals surface area contributed by atoms with E-state index in [1.165, 1.54) is 0 Å². The summed E-state index contributed by atoms with van der Waals surface area (Å²) in [5.41, 5.74) is 1.84. The van der Waals surface area contributed by atoms with E-state index in [0.717, 1.165) is 29.4 Å². The summed E-state index contributed by atoms with van der Waals surface area (Å²) in [7, 11) is 2.09. The van der Waals surface area contributed by atoms with Gasteiger partial charge in [0.2, 0.25) is 0 Å². The van der Waals surface area contributed by atoms with Gasteiger partial charge in [0, 0.05) is 23.5 Å². The predicted molar refractivity (Wildman–Crippen MR) is 83.8 cm³/mol. The molecule has 1 aromatic carbocycles. The van der Waals surface area contributed by atoms with Crippen LogP contribution in [0.25, 0.3) is 0 Å². The molecule has 0 aromatic heterocycles. The lowest BCUT2D eigenvalue weighted by Gasteiger charge is -2.24. The number of rotatable bonds is 7. The van der Waals surface area contributed by atoms with Gasteiger partial charge in [0.25, 0.3) is 5.91 Å². The Morgan fingerprint density at radius 3 is 2.84 bits per heavy atom. The van der Waals surface area contributed by atoms with Crippen molar-refractivity contribution < 1.29 is 4.79 Å². The van der Waals surface area contributed by atoms with Crippen LogP contribution in [0.4, 0.5) is 0 Å². The summed E-state index contributed by atoms with van der Waals surface area (Å²) >= 11 is 3.40. The summed E-state index contributed by atoms with van der Waals surface area (Å²) in [6.45, 7) is 6.02. The Kier molecular flexibility index (Phi) is 7.10. The van der Waals surface area contributed by atoms with Gasteiger partial charge in [0.15, 0.2) is 0 Å². The van der Waals surface area contributed by atoms with Gasteiger partial charge in [0.05, 0.1) is 0 Å². The number of hydrogen-bond donors (Lipinski definition) is 1. The second kappa shape index (κ2) is 8.33. The van der Waals surface area contributed by atoms with Gasteiger partial charge in [-0.3, -0.25) is 4.79 Å². The maximum atomic E-state index is 12.1. The van der Waals surface area contributed by atoms with E-state index in [4.69, 9.17) is 0 Å². The number of halogens is 1. The summed E-state index contributed by atoms with van der Waals surface area (Å²) in [5.74, 6) is -0.000418. The third kappa shape index (κ3) is 5.33. The fourth-order valence-corrected chi connectivity index (χ4v) is 2.22. The molecule has 0 saturated carbocycles. The number of hydrogen-bond acceptors (Lipinski definition) is 2. The molecule has 0 spiro atoms. The molecule has 4 heteroatoms. The van der Waals surface area contributed by atoms with Crippen molar-refractivity contribution in [2.45, 2.75) is 31.6 Å². The molecule has 0 radical (unpaired) electrons. The van der Waals surface area contributed by atoms with Crippen molar-refractivity contribution in [3.05, 3.63) is 35.4 Å². The van der Waals surface area contributed by atoms with Gasteiger partial charge in [-0.15, -0.1) is 0 Å². The molecule has 1 unspecified atom stereocenters. The molecule has 1 N–H and O–H groups in total. The number of benzene rings is 1. The Morgan fingerprint density at radius 2 is 2.21 bits per heavy atom. The van der Waals surface area contributed by atoms with Gasteiger partial charge in [-0.1, -0.05) is 35.0 Å². The monoisotopic (exact) mass is 326 g/mol. The SMILES string of the molecule is CCCN(C)C(C)CNC(=O)c1cccc(CBr)c1. The van der Waals surface area contributed by atoms with Crippen LogP contribution in [0, 0.1) is 0 Å². The van der Waals surface area contributed by atoms with Crippen molar-refractivity contribution in [3.63, 3.8) is 0 Å². The molecule has 0 saturated heterocycles. The van der Waals surface area contributed by atoms with Gasteiger partial charge in [-0.2, -0.15) is 0 Å². The Bertz CT molecular complexity index is 409. The second-order valence-electron chi connectivity index (χ2n) is 4.87. The zero-order valence-corrected chi connectivity index (χ0v) is 13.5. The van der Waals surface area contributed by atoms with E-state index < -0.39 is 0 Å². The zero-order chi connectivity index (χ0) is 14.3. The third-order valence-electron chi connectivity index (χ3n) is 3.23. The molecule has 1 aromatic rings. The average molecular weight is 327 g/mol. The summed E-state index contributed by atoms with van der Waals surface area (Å²) in [4.78, 5) is 14.3. The van der Waals surface area contributed by atoms with Crippen LogP contribution in [0.15, 0.2) is 24.3 Å². The van der Waals surface area contributed by atoms with Gasteiger partial charge >= 0.3 is 0 Å². The molecule has 0 fully saturated rings. The minimum Gasteiger partial charge on any atom is -0.350 e. The number of carbonyl (C=O) groups excluding carboxylic acids is 1. The van der Waals surface area contributed by atoms with Crippen LogP contribution in [-0.2, 0) is 5.33 Å². The number of amides is 1. The molecule has 19 heavy (non-hydrogen) atoms. The second-order valence-corrected chi connectivity index (χ2v) is 5.43. The van der Waals surface area contributed by atoms with E-state index >= 15 is 0 Å². The molecule has 3 nitrogen and oxygen atoms in total. The lowest BCUT2D eigenvalue weighted by Crippen LogP contribution is -2.40. The summed E-state index contributed by atoms with van der Waals surface area (Å²) in [6, 6.07) is 8.04. The number of carbonyl (C=O) groups is 1. The van der Waals surface area contributed by atoms with E-state index in [0.29, 0.717) is 12.6 Å². The Balaban J connectivity index is 2.50. The van der Waals surface area contributed by atoms with E-state index in [9.17, 15) is 4.79 Å². The third-order valence-corrected chi connectivity index (χ3v) is 3.88. The maximum absolute atomic E-state index is 12.1. The van der Waals surface area contributed by atoms with Crippen molar-refractivity contribution in [1.82, 2.24) is 10.2 Å². The van der Waals surface area contributed by atoms with Gasteiger partial charge in [0.1, 0.15) is 0 Å². The van der Waals surface area contributed by atoms with E-state index in [2.05, 4.69) is 47.0 Å². The Hall–Kier alpha value is -0.870. The minimum absolute atomic E-state index is 0.000418. The minimum atomic E-state index is -0.000418. The zero-order valence-electron chi connectivity index (χ0n) is 11.9. The number of nitrogens with zero attached hydrogens (tertiary/aromatic N) is 1. The number of likely N-dealkylation sites (N-methyl/N-ethyl adjacent to an activating group) is 1. The van der Waals surface area contributed by atoms with Crippen molar-refractivity contribution in [3.8, 4) is 0 Å². The quantitative estimate of drug-likeness (QED) is 0.781. The standard InChI is InChI=1S/C15H23BrN2O/c1-4-8-18(3)12(2)11-17-15(19)14-7-5-6-13(9-14)10-16/h5-7,9,12H,4,8,10-11H2,1-3H3,(H,17,19). The summed E-state index contributed by atoms with van der Waals surface area (Å²) in [6.07, 6.45) is 1.13. The topological polar surface area (TPSA) is 32.3 Å². The molecule has 0 aliphatic heterocycles. The van der Waals surface area contributed by atoms with Crippen molar-refractivity contribution in [1.29, 1.82) is 0 Å². The van der Waals surface area contributed by atoms with Crippen LogP contribution < -0.4 is 5.32 Å². The molecule has 1 amide bonds. The highest BCUT2D eigenvalue weighted by Crippen LogP contribution is 2.08. The Morgan fingerprint density at radius 1 is 1.47 bits per heavy atom. The molecular weight excluding hydrogens is 304 g/mol. The average Bonchev–Trinajstić information content (AvgIpc) is 2.44. The lowest BCUT2D eigenvalue weighted by atomic mass is 10.1. The molecule has 0 aliphatic rings. The van der Waals surface area contributed by atoms with Crippen molar-refractivity contribution in [2.75, 3.05) is 20.1 Å². The van der Waals surface area contributed by atoms with E-state index in [-0.39, 0.29) is 5.91 Å². The number of nitrogens with one attached hydrogen (secondary N) is 1.